The molecule has 1 aliphatic rings. The van der Waals surface area contributed by atoms with Crippen LogP contribution in [0.5, 0.6) is 0 Å². The molecule has 4 heteroatoms. The molecule has 0 saturated carbocycles. The van der Waals surface area contributed by atoms with Gasteiger partial charge in [-0.3, -0.25) is 0 Å². The standard InChI is InChI=1S/C10H15F2NO/c1-3-4-8(2)14-9-5-6-13-7-10(9,11)12/h3-4,9,13H,1,5-7H2,2H3/b8-4+. The van der Waals surface area contributed by atoms with Gasteiger partial charge >= 0.3 is 0 Å². The Labute approximate surface area is 82.6 Å². The van der Waals surface area contributed by atoms with Crippen molar-refractivity contribution in [1.29, 1.82) is 0 Å². The van der Waals surface area contributed by atoms with E-state index in [4.69, 9.17) is 4.74 Å². The Hall–Kier alpha value is -0.900. The average molecular weight is 203 g/mol. The molecule has 0 aromatic rings. The van der Waals surface area contributed by atoms with Gasteiger partial charge in [-0.1, -0.05) is 12.7 Å². The van der Waals surface area contributed by atoms with Crippen LogP contribution in [0.3, 0.4) is 0 Å². The lowest BCUT2D eigenvalue weighted by atomic mass is 10.1. The summed E-state index contributed by atoms with van der Waals surface area (Å²) >= 11 is 0. The Bertz CT molecular complexity index is 238. The number of nitrogens with one attached hydrogen (secondary N) is 1. The number of halogens is 2. The van der Waals surface area contributed by atoms with Gasteiger partial charge in [-0.25, -0.2) is 8.78 Å². The van der Waals surface area contributed by atoms with Crippen molar-refractivity contribution in [3.8, 4) is 0 Å². The second kappa shape index (κ2) is 4.55. The van der Waals surface area contributed by atoms with Crippen molar-refractivity contribution < 1.29 is 13.5 Å². The minimum Gasteiger partial charge on any atom is -0.489 e. The molecule has 2 nitrogen and oxygen atoms in total. The first-order chi connectivity index (χ1) is 6.56. The van der Waals surface area contributed by atoms with E-state index in [1.54, 1.807) is 13.0 Å². The zero-order valence-corrected chi connectivity index (χ0v) is 8.22. The third-order valence-electron chi connectivity index (χ3n) is 2.10. The first-order valence-corrected chi connectivity index (χ1v) is 4.61. The van der Waals surface area contributed by atoms with Gasteiger partial charge in [-0.15, -0.1) is 0 Å². The molecular formula is C10H15F2NO. The molecule has 1 aliphatic heterocycles. The fraction of sp³-hybridized carbons (Fsp3) is 0.600. The maximum atomic E-state index is 13.2. The van der Waals surface area contributed by atoms with Crippen LogP contribution in [0.4, 0.5) is 8.78 Å². The summed E-state index contributed by atoms with van der Waals surface area (Å²) < 4.78 is 31.6. The summed E-state index contributed by atoms with van der Waals surface area (Å²) in [5.74, 6) is -2.30. The molecule has 1 saturated heterocycles. The topological polar surface area (TPSA) is 21.3 Å². The SMILES string of the molecule is C=C/C=C(\C)OC1CCNCC1(F)F. The van der Waals surface area contributed by atoms with Crippen LogP contribution in [-0.2, 0) is 4.74 Å². The van der Waals surface area contributed by atoms with E-state index in [1.807, 2.05) is 0 Å². The summed E-state index contributed by atoms with van der Waals surface area (Å²) in [5, 5.41) is 2.64. The van der Waals surface area contributed by atoms with E-state index in [0.29, 0.717) is 18.7 Å². The minimum atomic E-state index is -2.78. The van der Waals surface area contributed by atoms with E-state index >= 15 is 0 Å². The van der Waals surface area contributed by atoms with Crippen LogP contribution in [0.25, 0.3) is 0 Å². The molecular weight excluding hydrogens is 188 g/mol. The Balaban J connectivity index is 2.57. The van der Waals surface area contributed by atoms with Crippen molar-refractivity contribution in [2.45, 2.75) is 25.4 Å². The largest absolute Gasteiger partial charge is 0.489 e. The van der Waals surface area contributed by atoms with E-state index in [2.05, 4.69) is 11.9 Å². The number of allylic oxidation sites excluding steroid dienone is 3. The van der Waals surface area contributed by atoms with Crippen molar-refractivity contribution in [1.82, 2.24) is 5.32 Å². The quantitative estimate of drug-likeness (QED) is 0.560. The van der Waals surface area contributed by atoms with Gasteiger partial charge in [0.2, 0.25) is 0 Å². The molecule has 0 bridgehead atoms. The molecule has 1 fully saturated rings. The van der Waals surface area contributed by atoms with Gasteiger partial charge in [0.1, 0.15) is 0 Å². The van der Waals surface area contributed by atoms with Gasteiger partial charge in [-0.05, 0) is 19.5 Å². The van der Waals surface area contributed by atoms with E-state index in [-0.39, 0.29) is 6.54 Å². The first-order valence-electron chi connectivity index (χ1n) is 4.61. The predicted molar refractivity (Wildman–Crippen MR) is 51.3 cm³/mol. The Morgan fingerprint density at radius 2 is 2.36 bits per heavy atom. The molecule has 0 aromatic carbocycles. The van der Waals surface area contributed by atoms with Crippen LogP contribution < -0.4 is 5.32 Å². The Morgan fingerprint density at radius 1 is 1.64 bits per heavy atom. The summed E-state index contributed by atoms with van der Waals surface area (Å²) in [6, 6.07) is 0. The van der Waals surface area contributed by atoms with Crippen LogP contribution in [0.15, 0.2) is 24.5 Å². The molecule has 1 N–H and O–H groups in total. The van der Waals surface area contributed by atoms with E-state index in [9.17, 15) is 8.78 Å². The summed E-state index contributed by atoms with van der Waals surface area (Å²) in [6.07, 6.45) is 2.42. The number of ether oxygens (including phenoxy) is 1. The van der Waals surface area contributed by atoms with Gasteiger partial charge < -0.3 is 10.1 Å². The van der Waals surface area contributed by atoms with Gasteiger partial charge in [0.15, 0.2) is 6.10 Å². The maximum absolute atomic E-state index is 13.2. The number of rotatable bonds is 3. The van der Waals surface area contributed by atoms with Crippen LogP contribution >= 0.6 is 0 Å². The molecule has 1 rings (SSSR count). The number of hydrogen-bond acceptors (Lipinski definition) is 2. The third kappa shape index (κ3) is 2.80. The predicted octanol–water partition coefficient (Wildman–Crippen LogP) is 2.09. The Kier molecular flexibility index (Phi) is 3.63. The fourth-order valence-corrected chi connectivity index (χ4v) is 1.39. The van der Waals surface area contributed by atoms with Gasteiger partial charge in [0.05, 0.1) is 12.3 Å². The van der Waals surface area contributed by atoms with Gasteiger partial charge in [0.25, 0.3) is 5.92 Å². The lowest BCUT2D eigenvalue weighted by molar-refractivity contribution is -0.130. The van der Waals surface area contributed by atoms with Crippen molar-refractivity contribution in [3.05, 3.63) is 24.5 Å². The van der Waals surface area contributed by atoms with Gasteiger partial charge in [-0.2, -0.15) is 0 Å². The highest BCUT2D eigenvalue weighted by atomic mass is 19.3. The molecule has 1 heterocycles. The zero-order valence-electron chi connectivity index (χ0n) is 8.22. The minimum absolute atomic E-state index is 0.307. The van der Waals surface area contributed by atoms with Crippen LogP contribution in [0.1, 0.15) is 13.3 Å². The van der Waals surface area contributed by atoms with E-state index < -0.39 is 12.0 Å². The van der Waals surface area contributed by atoms with Crippen molar-refractivity contribution in [2.24, 2.45) is 0 Å². The average Bonchev–Trinajstić information content (AvgIpc) is 2.09. The second-order valence-electron chi connectivity index (χ2n) is 3.35. The lowest BCUT2D eigenvalue weighted by Crippen LogP contribution is -2.50. The highest BCUT2D eigenvalue weighted by Crippen LogP contribution is 2.27. The highest BCUT2D eigenvalue weighted by molar-refractivity contribution is 5.03. The molecule has 80 valence electrons. The second-order valence-corrected chi connectivity index (χ2v) is 3.35. The molecule has 0 spiro atoms. The number of hydrogen-bond donors (Lipinski definition) is 1. The first kappa shape index (κ1) is 11.2. The fourth-order valence-electron chi connectivity index (χ4n) is 1.39. The number of piperidine rings is 1. The van der Waals surface area contributed by atoms with Crippen LogP contribution in [0, 0.1) is 0 Å². The molecule has 0 radical (unpaired) electrons. The molecule has 1 atom stereocenters. The van der Waals surface area contributed by atoms with Crippen molar-refractivity contribution in [3.63, 3.8) is 0 Å². The highest BCUT2D eigenvalue weighted by Gasteiger charge is 2.43. The smallest absolute Gasteiger partial charge is 0.296 e. The molecule has 14 heavy (non-hydrogen) atoms. The third-order valence-corrected chi connectivity index (χ3v) is 2.10. The number of alkyl halides is 2. The molecule has 0 aromatic heterocycles. The van der Waals surface area contributed by atoms with Gasteiger partial charge in [0, 0.05) is 6.42 Å². The van der Waals surface area contributed by atoms with Crippen LogP contribution in [0.2, 0.25) is 0 Å². The summed E-state index contributed by atoms with van der Waals surface area (Å²) in [6.45, 7) is 5.39. The monoisotopic (exact) mass is 203 g/mol. The molecule has 0 amide bonds. The van der Waals surface area contributed by atoms with E-state index in [1.165, 1.54) is 6.08 Å². The molecule has 1 unspecified atom stereocenters. The van der Waals surface area contributed by atoms with Crippen LogP contribution in [-0.4, -0.2) is 25.1 Å². The van der Waals surface area contributed by atoms with Crippen molar-refractivity contribution >= 4 is 0 Å². The summed E-state index contributed by atoms with van der Waals surface area (Å²) in [5.41, 5.74) is 0. The maximum Gasteiger partial charge on any atom is 0.296 e. The van der Waals surface area contributed by atoms with E-state index in [0.717, 1.165) is 0 Å². The normalized spacial score (nSPS) is 27.1. The zero-order chi connectivity index (χ0) is 10.6. The summed E-state index contributed by atoms with van der Waals surface area (Å²) in [7, 11) is 0. The molecule has 0 aliphatic carbocycles. The lowest BCUT2D eigenvalue weighted by Gasteiger charge is -2.32. The van der Waals surface area contributed by atoms with Crippen molar-refractivity contribution in [2.75, 3.05) is 13.1 Å². The Morgan fingerprint density at radius 3 is 2.93 bits per heavy atom. The summed E-state index contributed by atoms with van der Waals surface area (Å²) in [4.78, 5) is 0.